The summed E-state index contributed by atoms with van der Waals surface area (Å²) in [5, 5.41) is 4.95. The van der Waals surface area contributed by atoms with Gasteiger partial charge in [0.2, 0.25) is 0 Å². The van der Waals surface area contributed by atoms with Crippen molar-refractivity contribution < 1.29 is 9.31 Å². The van der Waals surface area contributed by atoms with E-state index in [0.717, 1.165) is 16.6 Å². The maximum Gasteiger partial charge on any atom is 0.494 e. The Hall–Kier alpha value is -4.25. The Morgan fingerprint density at radius 3 is 1.51 bits per heavy atom. The molecule has 4 heteroatoms. The molecule has 5 aromatic carbocycles. The normalized spacial score (nSPS) is 16.0. The molecule has 0 bridgehead atoms. The van der Waals surface area contributed by atoms with Crippen molar-refractivity contribution in [1.29, 1.82) is 0 Å². The highest BCUT2D eigenvalue weighted by molar-refractivity contribution is 6.62. The molecule has 0 unspecified atom stereocenters. The maximum atomic E-state index is 6.35. The fraction of sp³-hybridized carbons (Fsp3) is 0.162. The zero-order chi connectivity index (χ0) is 28.2. The summed E-state index contributed by atoms with van der Waals surface area (Å²) < 4.78 is 12.7. The van der Waals surface area contributed by atoms with Gasteiger partial charge < -0.3 is 9.31 Å². The van der Waals surface area contributed by atoms with Crippen LogP contribution in [0.5, 0.6) is 0 Å². The van der Waals surface area contributed by atoms with Crippen LogP contribution in [0.2, 0.25) is 0 Å². The van der Waals surface area contributed by atoms with Crippen LogP contribution in [-0.4, -0.2) is 23.3 Å². The first kappa shape index (κ1) is 25.7. The summed E-state index contributed by atoms with van der Waals surface area (Å²) >= 11 is 0. The Morgan fingerprint density at radius 1 is 0.488 bits per heavy atom. The number of pyridine rings is 1. The van der Waals surface area contributed by atoms with E-state index in [0.29, 0.717) is 0 Å². The monoisotopic (exact) mass is 533 g/mol. The second kappa shape index (κ2) is 9.69. The lowest BCUT2D eigenvalue weighted by Gasteiger charge is -2.32. The minimum atomic E-state index is -0.392. The number of nitrogens with zero attached hydrogens (tertiary/aromatic N) is 1. The molecule has 1 fully saturated rings. The standard InChI is InChI=1S/C37H32BNO2/c1-36(2)37(3,4)41-38(40-36)29-14-10-12-27(24-29)26-11-9-13-28(23-26)35-32-17-7-5-15-30(32)34(25-19-21-39-22-20-25)31-16-6-8-18-33(31)35/h5-24H,1-4H3. The van der Waals surface area contributed by atoms with E-state index in [4.69, 9.17) is 9.31 Å². The molecule has 0 N–H and O–H groups in total. The molecule has 1 saturated heterocycles. The lowest BCUT2D eigenvalue weighted by Crippen LogP contribution is -2.41. The summed E-state index contributed by atoms with van der Waals surface area (Å²) in [4.78, 5) is 4.26. The van der Waals surface area contributed by atoms with E-state index in [1.165, 1.54) is 43.8 Å². The molecule has 6 aromatic rings. The molecule has 0 radical (unpaired) electrons. The third-order valence-electron chi connectivity index (χ3n) is 8.80. The molecule has 1 aliphatic rings. The van der Waals surface area contributed by atoms with Gasteiger partial charge in [0.05, 0.1) is 11.2 Å². The van der Waals surface area contributed by atoms with Crippen molar-refractivity contribution in [3.05, 3.63) is 122 Å². The zero-order valence-corrected chi connectivity index (χ0v) is 23.9. The maximum absolute atomic E-state index is 6.35. The fourth-order valence-corrected chi connectivity index (χ4v) is 5.97. The molecule has 0 saturated carbocycles. The van der Waals surface area contributed by atoms with Crippen molar-refractivity contribution in [2.75, 3.05) is 0 Å². The minimum absolute atomic E-state index is 0.377. The Morgan fingerprint density at radius 2 is 0.951 bits per heavy atom. The molecule has 0 aliphatic carbocycles. The van der Waals surface area contributed by atoms with Gasteiger partial charge in [-0.25, -0.2) is 0 Å². The Bertz CT molecular complexity index is 1840. The number of benzene rings is 5. The van der Waals surface area contributed by atoms with E-state index in [9.17, 15) is 0 Å². The Labute approximate surface area is 241 Å². The highest BCUT2D eigenvalue weighted by Gasteiger charge is 2.51. The quantitative estimate of drug-likeness (QED) is 0.168. The van der Waals surface area contributed by atoms with Crippen LogP contribution in [0, 0.1) is 0 Å². The van der Waals surface area contributed by atoms with Crippen LogP contribution >= 0.6 is 0 Å². The van der Waals surface area contributed by atoms with Crippen LogP contribution in [0.15, 0.2) is 122 Å². The van der Waals surface area contributed by atoms with Gasteiger partial charge in [-0.05, 0) is 106 Å². The van der Waals surface area contributed by atoms with Crippen LogP contribution in [-0.2, 0) is 9.31 Å². The van der Waals surface area contributed by atoms with Gasteiger partial charge >= 0.3 is 7.12 Å². The van der Waals surface area contributed by atoms with Gasteiger partial charge in [-0.15, -0.1) is 0 Å². The highest BCUT2D eigenvalue weighted by Crippen LogP contribution is 2.44. The molecule has 0 atom stereocenters. The molecule has 200 valence electrons. The van der Waals surface area contributed by atoms with Crippen LogP contribution in [0.4, 0.5) is 0 Å². The van der Waals surface area contributed by atoms with E-state index < -0.39 is 7.12 Å². The second-order valence-electron chi connectivity index (χ2n) is 11.9. The van der Waals surface area contributed by atoms with E-state index in [1.54, 1.807) is 0 Å². The molecule has 0 spiro atoms. The molecule has 1 aromatic heterocycles. The van der Waals surface area contributed by atoms with Gasteiger partial charge in [0.1, 0.15) is 0 Å². The predicted molar refractivity (Wildman–Crippen MR) is 171 cm³/mol. The van der Waals surface area contributed by atoms with Gasteiger partial charge in [-0.2, -0.15) is 0 Å². The van der Waals surface area contributed by atoms with Crippen LogP contribution in [0.3, 0.4) is 0 Å². The van der Waals surface area contributed by atoms with E-state index in [-0.39, 0.29) is 11.2 Å². The minimum Gasteiger partial charge on any atom is -0.399 e. The van der Waals surface area contributed by atoms with Crippen molar-refractivity contribution in [1.82, 2.24) is 4.98 Å². The number of aromatic nitrogens is 1. The lowest BCUT2D eigenvalue weighted by molar-refractivity contribution is 0.00578. The van der Waals surface area contributed by atoms with Gasteiger partial charge in [0.25, 0.3) is 0 Å². The summed E-state index contributed by atoms with van der Waals surface area (Å²) in [5.74, 6) is 0. The molecule has 3 nitrogen and oxygen atoms in total. The summed E-state index contributed by atoms with van der Waals surface area (Å²) in [6, 6.07) is 39.1. The van der Waals surface area contributed by atoms with Crippen molar-refractivity contribution >= 4 is 34.1 Å². The largest absolute Gasteiger partial charge is 0.494 e. The number of hydrogen-bond donors (Lipinski definition) is 0. The SMILES string of the molecule is CC1(C)OB(c2cccc(-c3cccc(-c4c5ccccc5c(-c5ccncc5)c5ccccc45)c3)c2)OC1(C)C. The molecular formula is C37H32BNO2. The molecule has 41 heavy (non-hydrogen) atoms. The van der Waals surface area contributed by atoms with Crippen LogP contribution in [0.1, 0.15) is 27.7 Å². The van der Waals surface area contributed by atoms with Gasteiger partial charge in [0.15, 0.2) is 0 Å². The summed E-state index contributed by atoms with van der Waals surface area (Å²) in [7, 11) is -0.392. The third-order valence-corrected chi connectivity index (χ3v) is 8.80. The second-order valence-corrected chi connectivity index (χ2v) is 11.9. The average Bonchev–Trinajstić information content (AvgIpc) is 3.22. The highest BCUT2D eigenvalue weighted by atomic mass is 16.7. The summed E-state index contributed by atoms with van der Waals surface area (Å²) in [6.07, 6.45) is 3.74. The number of rotatable bonds is 4. The molecular weight excluding hydrogens is 501 g/mol. The molecule has 1 aliphatic heterocycles. The molecule has 7 rings (SSSR count). The van der Waals surface area contributed by atoms with Crippen molar-refractivity contribution in [2.45, 2.75) is 38.9 Å². The third kappa shape index (κ3) is 4.35. The predicted octanol–water partition coefficient (Wildman–Crippen LogP) is 8.69. The van der Waals surface area contributed by atoms with E-state index in [1.807, 2.05) is 12.4 Å². The van der Waals surface area contributed by atoms with Crippen LogP contribution < -0.4 is 5.46 Å². The number of fused-ring (bicyclic) bond motifs is 2. The number of hydrogen-bond acceptors (Lipinski definition) is 3. The Kier molecular flexibility index (Phi) is 6.08. The first-order valence-electron chi connectivity index (χ1n) is 14.2. The first-order chi connectivity index (χ1) is 19.8. The van der Waals surface area contributed by atoms with E-state index in [2.05, 4.69) is 142 Å². The van der Waals surface area contributed by atoms with Crippen LogP contribution in [0.25, 0.3) is 54.9 Å². The lowest BCUT2D eigenvalue weighted by atomic mass is 9.78. The van der Waals surface area contributed by atoms with Crippen molar-refractivity contribution in [3.8, 4) is 33.4 Å². The zero-order valence-electron chi connectivity index (χ0n) is 23.9. The van der Waals surface area contributed by atoms with Gasteiger partial charge in [0, 0.05) is 12.4 Å². The van der Waals surface area contributed by atoms with Gasteiger partial charge in [-0.1, -0.05) is 91.0 Å². The van der Waals surface area contributed by atoms with Gasteiger partial charge in [-0.3, -0.25) is 4.98 Å². The Balaban J connectivity index is 1.38. The van der Waals surface area contributed by atoms with Crippen molar-refractivity contribution in [3.63, 3.8) is 0 Å². The smallest absolute Gasteiger partial charge is 0.399 e. The fourth-order valence-electron chi connectivity index (χ4n) is 5.97. The molecule has 0 amide bonds. The topological polar surface area (TPSA) is 31.4 Å². The molecule has 2 heterocycles. The first-order valence-corrected chi connectivity index (χ1v) is 14.2. The van der Waals surface area contributed by atoms with Crippen molar-refractivity contribution in [2.24, 2.45) is 0 Å². The summed E-state index contributed by atoms with van der Waals surface area (Å²) in [6.45, 7) is 8.37. The van der Waals surface area contributed by atoms with E-state index >= 15 is 0 Å². The summed E-state index contributed by atoms with van der Waals surface area (Å²) in [5.41, 5.74) is 7.43. The average molecular weight is 533 g/mol.